The van der Waals surface area contributed by atoms with Crippen molar-refractivity contribution in [2.75, 3.05) is 13.4 Å². The molecule has 0 unspecified atom stereocenters. The number of rotatable bonds is 5. The predicted molar refractivity (Wildman–Crippen MR) is 79.2 cm³/mol. The lowest BCUT2D eigenvalue weighted by molar-refractivity contribution is 0.103. The highest BCUT2D eigenvalue weighted by atomic mass is 32.2. The highest BCUT2D eigenvalue weighted by Gasteiger charge is 2.15. The minimum Gasteiger partial charge on any atom is -0.496 e. The van der Waals surface area contributed by atoms with Crippen molar-refractivity contribution in [3.8, 4) is 5.75 Å². The van der Waals surface area contributed by atoms with E-state index in [2.05, 4.69) is 4.98 Å². The molecule has 110 valence electrons. The van der Waals surface area contributed by atoms with Gasteiger partial charge in [0.25, 0.3) is 0 Å². The summed E-state index contributed by atoms with van der Waals surface area (Å²) in [5, 5.41) is 0. The van der Waals surface area contributed by atoms with E-state index in [1.54, 1.807) is 30.3 Å². The highest BCUT2D eigenvalue weighted by molar-refractivity contribution is 7.89. The highest BCUT2D eigenvalue weighted by Crippen LogP contribution is 2.23. The second-order valence-corrected chi connectivity index (χ2v) is 6.78. The Hall–Kier alpha value is -2.21. The third-order valence-corrected chi connectivity index (χ3v) is 3.69. The fourth-order valence-corrected chi connectivity index (χ4v) is 2.75. The van der Waals surface area contributed by atoms with Gasteiger partial charge in [-0.25, -0.2) is 8.42 Å². The van der Waals surface area contributed by atoms with Crippen LogP contribution in [0.25, 0.3) is 0 Å². The van der Waals surface area contributed by atoms with Crippen molar-refractivity contribution in [1.29, 1.82) is 0 Å². The van der Waals surface area contributed by atoms with Crippen LogP contribution in [0, 0.1) is 0 Å². The molecule has 0 saturated heterocycles. The molecule has 0 amide bonds. The van der Waals surface area contributed by atoms with Crippen molar-refractivity contribution in [3.63, 3.8) is 0 Å². The number of carbonyl (C=O) groups is 1. The second kappa shape index (κ2) is 6.05. The first-order valence-corrected chi connectivity index (χ1v) is 8.27. The molecule has 0 aliphatic carbocycles. The number of pyridine rings is 1. The SMILES string of the molecule is COc1ccc(C(=O)c2ccccn2)cc1CS(C)(=O)=O. The summed E-state index contributed by atoms with van der Waals surface area (Å²) in [6.07, 6.45) is 2.67. The van der Waals surface area contributed by atoms with Gasteiger partial charge in [0.1, 0.15) is 11.4 Å². The molecule has 6 heteroatoms. The summed E-state index contributed by atoms with van der Waals surface area (Å²) in [6.45, 7) is 0. The Morgan fingerprint density at radius 3 is 2.57 bits per heavy atom. The molecule has 0 spiro atoms. The summed E-state index contributed by atoms with van der Waals surface area (Å²) < 4.78 is 28.1. The first-order chi connectivity index (χ1) is 9.90. The molecule has 0 aliphatic heterocycles. The Morgan fingerprint density at radius 1 is 1.24 bits per heavy atom. The average Bonchev–Trinajstić information content (AvgIpc) is 2.45. The van der Waals surface area contributed by atoms with Crippen LogP contribution in [-0.2, 0) is 15.6 Å². The molecule has 0 atom stereocenters. The van der Waals surface area contributed by atoms with Crippen LogP contribution in [0.15, 0.2) is 42.6 Å². The van der Waals surface area contributed by atoms with Gasteiger partial charge in [-0.1, -0.05) is 6.07 Å². The van der Waals surface area contributed by atoms with Crippen molar-refractivity contribution in [1.82, 2.24) is 4.98 Å². The number of sulfone groups is 1. The first kappa shape index (κ1) is 15.2. The summed E-state index contributed by atoms with van der Waals surface area (Å²) in [4.78, 5) is 16.3. The monoisotopic (exact) mass is 305 g/mol. The van der Waals surface area contributed by atoms with Gasteiger partial charge < -0.3 is 4.74 Å². The van der Waals surface area contributed by atoms with Crippen LogP contribution in [-0.4, -0.2) is 32.6 Å². The summed E-state index contributed by atoms with van der Waals surface area (Å²) in [6, 6.07) is 9.79. The van der Waals surface area contributed by atoms with Gasteiger partial charge in [-0.15, -0.1) is 0 Å². The summed E-state index contributed by atoms with van der Waals surface area (Å²) in [5.74, 6) is 0.00507. The van der Waals surface area contributed by atoms with Gasteiger partial charge >= 0.3 is 0 Å². The number of ether oxygens (including phenoxy) is 1. The Labute approximate surface area is 123 Å². The normalized spacial score (nSPS) is 11.1. The van der Waals surface area contributed by atoms with Gasteiger partial charge in [0.15, 0.2) is 9.84 Å². The van der Waals surface area contributed by atoms with E-state index in [1.807, 2.05) is 0 Å². The third-order valence-electron chi connectivity index (χ3n) is 2.86. The number of aromatic nitrogens is 1. The van der Waals surface area contributed by atoms with Gasteiger partial charge in [0.2, 0.25) is 5.78 Å². The van der Waals surface area contributed by atoms with E-state index in [4.69, 9.17) is 4.74 Å². The summed E-state index contributed by atoms with van der Waals surface area (Å²) in [7, 11) is -1.76. The molecule has 0 saturated carbocycles. The Balaban J connectivity index is 2.42. The lowest BCUT2D eigenvalue weighted by atomic mass is 10.0. The summed E-state index contributed by atoms with van der Waals surface area (Å²) in [5.41, 5.74) is 1.16. The van der Waals surface area contributed by atoms with Gasteiger partial charge in [-0.3, -0.25) is 9.78 Å². The molecule has 0 radical (unpaired) electrons. The Kier molecular flexibility index (Phi) is 4.37. The average molecular weight is 305 g/mol. The van der Waals surface area contributed by atoms with Gasteiger partial charge in [-0.05, 0) is 30.3 Å². The zero-order valence-electron chi connectivity index (χ0n) is 11.7. The number of methoxy groups -OCH3 is 1. The maximum absolute atomic E-state index is 12.3. The first-order valence-electron chi connectivity index (χ1n) is 6.21. The number of benzene rings is 1. The molecule has 0 aliphatic rings. The minimum atomic E-state index is -3.22. The predicted octanol–water partition coefficient (Wildman–Crippen LogP) is 1.87. The number of ketones is 1. The number of hydrogen-bond acceptors (Lipinski definition) is 5. The van der Waals surface area contributed by atoms with Crippen molar-refractivity contribution in [2.24, 2.45) is 0 Å². The van der Waals surface area contributed by atoms with E-state index in [-0.39, 0.29) is 11.5 Å². The van der Waals surface area contributed by atoms with Crippen molar-refractivity contribution in [3.05, 3.63) is 59.4 Å². The number of hydrogen-bond donors (Lipinski definition) is 0. The largest absolute Gasteiger partial charge is 0.496 e. The third kappa shape index (κ3) is 3.88. The molecule has 2 rings (SSSR count). The lowest BCUT2D eigenvalue weighted by Gasteiger charge is -2.09. The zero-order valence-corrected chi connectivity index (χ0v) is 12.6. The van der Waals surface area contributed by atoms with E-state index in [0.717, 1.165) is 6.26 Å². The zero-order chi connectivity index (χ0) is 15.5. The molecule has 0 N–H and O–H groups in total. The van der Waals surface area contributed by atoms with Crippen molar-refractivity contribution < 1.29 is 17.9 Å². The maximum atomic E-state index is 12.3. The molecule has 21 heavy (non-hydrogen) atoms. The molecule has 0 fully saturated rings. The minimum absolute atomic E-state index is 0.181. The molecule has 2 aromatic rings. The lowest BCUT2D eigenvalue weighted by Crippen LogP contribution is -2.07. The molecule has 1 heterocycles. The van der Waals surface area contributed by atoms with Gasteiger partial charge in [0, 0.05) is 23.6 Å². The van der Waals surface area contributed by atoms with E-state index < -0.39 is 9.84 Å². The van der Waals surface area contributed by atoms with Gasteiger partial charge in [-0.2, -0.15) is 0 Å². The molecule has 1 aromatic heterocycles. The Bertz CT molecular complexity index is 754. The molecular weight excluding hydrogens is 290 g/mol. The van der Waals surface area contributed by atoms with Crippen LogP contribution in [0.1, 0.15) is 21.6 Å². The van der Waals surface area contributed by atoms with Crippen LogP contribution >= 0.6 is 0 Å². The van der Waals surface area contributed by atoms with E-state index >= 15 is 0 Å². The maximum Gasteiger partial charge on any atom is 0.211 e. The fraction of sp³-hybridized carbons (Fsp3) is 0.200. The van der Waals surface area contributed by atoms with Crippen molar-refractivity contribution in [2.45, 2.75) is 5.75 Å². The quantitative estimate of drug-likeness (QED) is 0.788. The topological polar surface area (TPSA) is 73.3 Å². The molecule has 5 nitrogen and oxygen atoms in total. The van der Waals surface area contributed by atoms with E-state index in [0.29, 0.717) is 22.6 Å². The van der Waals surface area contributed by atoms with Crippen LogP contribution < -0.4 is 4.74 Å². The van der Waals surface area contributed by atoms with E-state index in [9.17, 15) is 13.2 Å². The molecule has 1 aromatic carbocycles. The second-order valence-electron chi connectivity index (χ2n) is 4.64. The number of nitrogens with zero attached hydrogens (tertiary/aromatic N) is 1. The Morgan fingerprint density at radius 2 is 2.00 bits per heavy atom. The number of carbonyl (C=O) groups excluding carboxylic acids is 1. The van der Waals surface area contributed by atoms with Crippen LogP contribution in [0.5, 0.6) is 5.75 Å². The van der Waals surface area contributed by atoms with Crippen LogP contribution in [0.2, 0.25) is 0 Å². The molecular formula is C15H15NO4S. The van der Waals surface area contributed by atoms with Gasteiger partial charge in [0.05, 0.1) is 12.9 Å². The smallest absolute Gasteiger partial charge is 0.211 e. The standard InChI is InChI=1S/C15H15NO4S/c1-20-14-7-6-11(9-12(14)10-21(2,18)19)15(17)13-5-3-4-8-16-13/h3-9H,10H2,1-2H3. The summed E-state index contributed by atoms with van der Waals surface area (Å²) >= 11 is 0. The van der Waals surface area contributed by atoms with E-state index in [1.165, 1.54) is 19.4 Å². The van der Waals surface area contributed by atoms with Crippen LogP contribution in [0.4, 0.5) is 0 Å². The fourth-order valence-electron chi connectivity index (χ4n) is 1.96. The van der Waals surface area contributed by atoms with Crippen LogP contribution in [0.3, 0.4) is 0 Å². The van der Waals surface area contributed by atoms with Crippen molar-refractivity contribution >= 4 is 15.6 Å². The molecule has 0 bridgehead atoms.